The molecule has 0 amide bonds. The average molecular weight is 281 g/mol. The second-order valence-electron chi connectivity index (χ2n) is 5.81. The monoisotopic (exact) mass is 281 g/mol. The Morgan fingerprint density at radius 2 is 1.68 bits per heavy atom. The molecule has 1 unspecified atom stereocenters. The van der Waals surface area contributed by atoms with Gasteiger partial charge in [0.15, 0.2) is 0 Å². The van der Waals surface area contributed by atoms with Gasteiger partial charge in [-0.3, -0.25) is 4.21 Å². The first kappa shape index (κ1) is 16.4. The van der Waals surface area contributed by atoms with E-state index in [-0.39, 0.29) is 0 Å². The Balaban J connectivity index is 2.58. The number of benzene rings is 1. The van der Waals surface area contributed by atoms with Crippen LogP contribution in [0.3, 0.4) is 0 Å². The first-order valence-electron chi connectivity index (χ1n) is 7.18. The van der Waals surface area contributed by atoms with E-state index in [2.05, 4.69) is 33.0 Å². The fourth-order valence-electron chi connectivity index (χ4n) is 2.07. The molecule has 0 saturated carbocycles. The zero-order valence-electron chi connectivity index (χ0n) is 12.6. The summed E-state index contributed by atoms with van der Waals surface area (Å²) in [7, 11) is -0.907. The number of rotatable bonds is 8. The van der Waals surface area contributed by atoms with E-state index in [0.717, 1.165) is 11.3 Å². The van der Waals surface area contributed by atoms with Crippen molar-refractivity contribution in [2.24, 2.45) is 5.92 Å². The lowest BCUT2D eigenvalue weighted by Crippen LogP contribution is -2.38. The molecule has 0 spiro atoms. The summed E-state index contributed by atoms with van der Waals surface area (Å²) < 4.78 is 12.4. The molecule has 3 heteroatoms. The van der Waals surface area contributed by atoms with Gasteiger partial charge in [0.05, 0.1) is 10.8 Å². The molecule has 0 radical (unpaired) electrons. The lowest BCUT2D eigenvalue weighted by molar-refractivity contribution is 0.425. The zero-order valence-corrected chi connectivity index (χ0v) is 13.4. The van der Waals surface area contributed by atoms with Gasteiger partial charge in [-0.1, -0.05) is 45.9 Å². The maximum Gasteiger partial charge on any atom is 0.0545 e. The fourth-order valence-corrected chi connectivity index (χ4v) is 3.35. The minimum Gasteiger partial charge on any atom is -0.311 e. The third-order valence-corrected chi connectivity index (χ3v) is 4.52. The van der Waals surface area contributed by atoms with Crippen LogP contribution in [0.2, 0.25) is 0 Å². The molecule has 2 nitrogen and oxygen atoms in total. The van der Waals surface area contributed by atoms with Gasteiger partial charge in [0.2, 0.25) is 0 Å². The standard InChI is InChI=1S/C16H27NOS/c1-13(2)10-11-15(17-14(3)4)12-19(18)16-8-6-5-7-9-16/h5-9,13-15,17H,10-12H2,1-4H3/t15-,19?/m1/s1. The van der Waals surface area contributed by atoms with Crippen molar-refractivity contribution in [3.63, 3.8) is 0 Å². The van der Waals surface area contributed by atoms with E-state index in [1.165, 1.54) is 6.42 Å². The molecule has 2 atom stereocenters. The van der Waals surface area contributed by atoms with Gasteiger partial charge in [0, 0.05) is 22.7 Å². The SMILES string of the molecule is CC(C)CC[C@H](CS(=O)c1ccccc1)NC(C)C. The Morgan fingerprint density at radius 1 is 1.05 bits per heavy atom. The van der Waals surface area contributed by atoms with Crippen molar-refractivity contribution >= 4 is 10.8 Å². The first-order valence-corrected chi connectivity index (χ1v) is 8.50. The largest absolute Gasteiger partial charge is 0.311 e. The molecule has 0 aromatic heterocycles. The predicted octanol–water partition coefficient (Wildman–Crippen LogP) is 3.60. The maximum atomic E-state index is 12.4. The molecule has 0 bridgehead atoms. The highest BCUT2D eigenvalue weighted by Crippen LogP contribution is 2.12. The topological polar surface area (TPSA) is 29.1 Å². The summed E-state index contributed by atoms with van der Waals surface area (Å²) in [5.41, 5.74) is 0. The van der Waals surface area contributed by atoms with Crippen LogP contribution in [0.25, 0.3) is 0 Å². The van der Waals surface area contributed by atoms with E-state index in [4.69, 9.17) is 0 Å². The second-order valence-corrected chi connectivity index (χ2v) is 7.31. The lowest BCUT2D eigenvalue weighted by atomic mass is 10.0. The normalized spacial score (nSPS) is 14.8. The Morgan fingerprint density at radius 3 is 2.21 bits per heavy atom. The van der Waals surface area contributed by atoms with E-state index in [9.17, 15) is 4.21 Å². The molecule has 19 heavy (non-hydrogen) atoms. The van der Waals surface area contributed by atoms with E-state index < -0.39 is 10.8 Å². The molecule has 0 aliphatic carbocycles. The van der Waals surface area contributed by atoms with Gasteiger partial charge in [-0.2, -0.15) is 0 Å². The molecular formula is C16H27NOS. The van der Waals surface area contributed by atoms with Crippen LogP contribution in [0.1, 0.15) is 40.5 Å². The summed E-state index contributed by atoms with van der Waals surface area (Å²) in [6, 6.07) is 10.5. The molecule has 1 rings (SSSR count). The van der Waals surface area contributed by atoms with E-state index >= 15 is 0 Å². The molecule has 0 heterocycles. The summed E-state index contributed by atoms with van der Waals surface area (Å²) in [6.45, 7) is 8.77. The van der Waals surface area contributed by atoms with Crippen LogP contribution < -0.4 is 5.32 Å². The highest BCUT2D eigenvalue weighted by molar-refractivity contribution is 7.85. The summed E-state index contributed by atoms with van der Waals surface area (Å²) in [6.07, 6.45) is 2.27. The van der Waals surface area contributed by atoms with Crippen LogP contribution in [0.5, 0.6) is 0 Å². The van der Waals surface area contributed by atoms with Crippen molar-refractivity contribution in [1.82, 2.24) is 5.32 Å². The summed E-state index contributed by atoms with van der Waals surface area (Å²) in [5, 5.41) is 3.54. The smallest absolute Gasteiger partial charge is 0.0545 e. The van der Waals surface area contributed by atoms with Crippen LogP contribution in [0.15, 0.2) is 35.2 Å². The Bertz CT molecular complexity index is 376. The van der Waals surface area contributed by atoms with Gasteiger partial charge in [-0.25, -0.2) is 0 Å². The maximum absolute atomic E-state index is 12.4. The molecule has 108 valence electrons. The first-order chi connectivity index (χ1) is 8.99. The lowest BCUT2D eigenvalue weighted by Gasteiger charge is -2.21. The van der Waals surface area contributed by atoms with E-state index in [1.807, 2.05) is 30.3 Å². The van der Waals surface area contributed by atoms with Crippen molar-refractivity contribution < 1.29 is 4.21 Å². The molecule has 1 N–H and O–H groups in total. The van der Waals surface area contributed by atoms with Gasteiger partial charge in [0.1, 0.15) is 0 Å². The summed E-state index contributed by atoms with van der Waals surface area (Å²) in [5.74, 6) is 1.40. The van der Waals surface area contributed by atoms with Gasteiger partial charge in [-0.15, -0.1) is 0 Å². The van der Waals surface area contributed by atoms with Crippen molar-refractivity contribution in [3.05, 3.63) is 30.3 Å². The zero-order chi connectivity index (χ0) is 14.3. The Labute approximate surface area is 120 Å². The highest BCUT2D eigenvalue weighted by atomic mass is 32.2. The van der Waals surface area contributed by atoms with Crippen LogP contribution >= 0.6 is 0 Å². The van der Waals surface area contributed by atoms with E-state index in [1.54, 1.807) is 0 Å². The van der Waals surface area contributed by atoms with Crippen LogP contribution in [-0.2, 0) is 10.8 Å². The quantitative estimate of drug-likeness (QED) is 0.789. The Hall–Kier alpha value is -0.670. The predicted molar refractivity (Wildman–Crippen MR) is 83.8 cm³/mol. The van der Waals surface area contributed by atoms with Crippen molar-refractivity contribution in [3.8, 4) is 0 Å². The van der Waals surface area contributed by atoms with Crippen LogP contribution in [-0.4, -0.2) is 22.0 Å². The van der Waals surface area contributed by atoms with Crippen molar-refractivity contribution in [2.75, 3.05) is 5.75 Å². The molecule has 1 aromatic rings. The van der Waals surface area contributed by atoms with E-state index in [0.29, 0.717) is 23.8 Å². The second kappa shape index (κ2) is 8.49. The molecule has 0 fully saturated rings. The van der Waals surface area contributed by atoms with Gasteiger partial charge in [0.25, 0.3) is 0 Å². The summed E-state index contributed by atoms with van der Waals surface area (Å²) in [4.78, 5) is 0.933. The third-order valence-electron chi connectivity index (χ3n) is 3.02. The van der Waals surface area contributed by atoms with Crippen LogP contribution in [0, 0.1) is 5.92 Å². The minimum absolute atomic E-state index is 0.337. The fraction of sp³-hybridized carbons (Fsp3) is 0.625. The molecule has 1 aromatic carbocycles. The Kier molecular flexibility index (Phi) is 7.32. The van der Waals surface area contributed by atoms with Crippen LogP contribution in [0.4, 0.5) is 0 Å². The highest BCUT2D eigenvalue weighted by Gasteiger charge is 2.15. The molecule has 0 aliphatic heterocycles. The third kappa shape index (κ3) is 6.88. The average Bonchev–Trinajstić information content (AvgIpc) is 2.36. The number of hydrogen-bond acceptors (Lipinski definition) is 2. The molecule has 0 aliphatic rings. The summed E-state index contributed by atoms with van der Waals surface area (Å²) >= 11 is 0. The molecule has 0 saturated heterocycles. The minimum atomic E-state index is -0.907. The van der Waals surface area contributed by atoms with Gasteiger partial charge in [-0.05, 0) is 30.9 Å². The van der Waals surface area contributed by atoms with Crippen molar-refractivity contribution in [2.45, 2.75) is 57.5 Å². The number of nitrogens with one attached hydrogen (secondary N) is 1. The molecular weight excluding hydrogens is 254 g/mol. The van der Waals surface area contributed by atoms with Crippen molar-refractivity contribution in [1.29, 1.82) is 0 Å². The number of hydrogen-bond donors (Lipinski definition) is 1. The van der Waals surface area contributed by atoms with Gasteiger partial charge < -0.3 is 5.32 Å². The van der Waals surface area contributed by atoms with Gasteiger partial charge >= 0.3 is 0 Å².